The number of hydrogen-bond donors (Lipinski definition) is 2. The van der Waals surface area contributed by atoms with Crippen molar-refractivity contribution in [1.29, 1.82) is 0 Å². The van der Waals surface area contributed by atoms with Gasteiger partial charge in [0.1, 0.15) is 17.3 Å². The molecule has 1 fully saturated rings. The number of aromatic hydroxyl groups is 1. The van der Waals surface area contributed by atoms with Gasteiger partial charge in [-0.3, -0.25) is 14.5 Å². The second-order valence-corrected chi connectivity index (χ2v) is 8.89. The molecule has 0 aliphatic carbocycles. The van der Waals surface area contributed by atoms with Crippen LogP contribution in [0.1, 0.15) is 28.3 Å². The van der Waals surface area contributed by atoms with E-state index in [1.165, 1.54) is 30.2 Å². The molecule has 3 aromatic rings. The quantitative estimate of drug-likeness (QED) is 0.264. The number of phenolic OH excluding ortho intramolecular Hbond substituents is 1. The number of hydrogen-bond acceptors (Lipinski definition) is 5. The molecule has 0 radical (unpaired) electrons. The lowest BCUT2D eigenvalue weighted by atomic mass is 9.94. The topological polar surface area (TPSA) is 87.1 Å². The lowest BCUT2D eigenvalue weighted by Gasteiger charge is -2.26. The highest BCUT2D eigenvalue weighted by Crippen LogP contribution is 2.46. The van der Waals surface area contributed by atoms with Crippen LogP contribution in [-0.4, -0.2) is 29.0 Å². The molecular weight excluding hydrogens is 477 g/mol. The maximum absolute atomic E-state index is 13.3. The molecule has 1 unspecified atom stereocenters. The van der Waals surface area contributed by atoms with E-state index in [9.17, 15) is 19.8 Å². The van der Waals surface area contributed by atoms with Gasteiger partial charge in [0.15, 0.2) is 0 Å². The van der Waals surface area contributed by atoms with Gasteiger partial charge in [-0.2, -0.15) is 0 Å². The second-order valence-electron chi connectivity index (χ2n) is 8.04. The number of benzene rings is 3. The van der Waals surface area contributed by atoms with Gasteiger partial charge < -0.3 is 14.9 Å². The van der Waals surface area contributed by atoms with Crippen LogP contribution in [0, 0.1) is 13.8 Å². The zero-order valence-electron chi connectivity index (χ0n) is 18.6. The van der Waals surface area contributed by atoms with Gasteiger partial charge in [0.25, 0.3) is 11.7 Å². The van der Waals surface area contributed by atoms with Gasteiger partial charge in [-0.1, -0.05) is 59.1 Å². The molecule has 174 valence electrons. The molecule has 6 nitrogen and oxygen atoms in total. The average Bonchev–Trinajstić information content (AvgIpc) is 3.05. The van der Waals surface area contributed by atoms with E-state index in [1.54, 1.807) is 31.2 Å². The Morgan fingerprint density at radius 2 is 1.71 bits per heavy atom. The third kappa shape index (κ3) is 4.00. The molecule has 34 heavy (non-hydrogen) atoms. The Morgan fingerprint density at radius 3 is 2.38 bits per heavy atom. The fourth-order valence-corrected chi connectivity index (χ4v) is 4.72. The number of rotatable bonds is 4. The summed E-state index contributed by atoms with van der Waals surface area (Å²) >= 11 is 12.4. The SMILES string of the molecule is COc1c(Cl)cc(Cl)cc1/C(O)=C1\C(=O)C(=O)N(c2cc(C)ccc2O)C1c1cccc(C)c1. The molecule has 1 amide bonds. The van der Waals surface area contributed by atoms with Crippen molar-refractivity contribution in [3.63, 3.8) is 0 Å². The number of aryl methyl sites for hydroxylation is 2. The summed E-state index contributed by atoms with van der Waals surface area (Å²) in [6.45, 7) is 3.68. The van der Waals surface area contributed by atoms with E-state index in [4.69, 9.17) is 27.9 Å². The van der Waals surface area contributed by atoms with Gasteiger partial charge in [0.2, 0.25) is 0 Å². The van der Waals surface area contributed by atoms with E-state index in [2.05, 4.69) is 0 Å². The van der Waals surface area contributed by atoms with E-state index in [0.717, 1.165) is 11.1 Å². The molecule has 0 aromatic heterocycles. The number of aliphatic hydroxyl groups is 1. The first-order valence-electron chi connectivity index (χ1n) is 10.3. The summed E-state index contributed by atoms with van der Waals surface area (Å²) in [6.07, 6.45) is 0. The van der Waals surface area contributed by atoms with Gasteiger partial charge in [-0.15, -0.1) is 0 Å². The Labute approximate surface area is 206 Å². The maximum Gasteiger partial charge on any atom is 0.300 e. The summed E-state index contributed by atoms with van der Waals surface area (Å²) in [5, 5.41) is 22.3. The minimum Gasteiger partial charge on any atom is -0.507 e. The predicted molar refractivity (Wildman–Crippen MR) is 132 cm³/mol. The van der Waals surface area contributed by atoms with Gasteiger partial charge in [-0.25, -0.2) is 0 Å². The number of halogens is 2. The molecule has 1 aliphatic heterocycles. The zero-order valence-corrected chi connectivity index (χ0v) is 20.1. The third-order valence-corrected chi connectivity index (χ3v) is 6.16. The van der Waals surface area contributed by atoms with E-state index in [1.807, 2.05) is 19.1 Å². The van der Waals surface area contributed by atoms with E-state index in [-0.39, 0.29) is 38.4 Å². The number of carbonyl (C=O) groups is 2. The van der Waals surface area contributed by atoms with Gasteiger partial charge in [-0.05, 0) is 49.2 Å². The monoisotopic (exact) mass is 497 g/mol. The van der Waals surface area contributed by atoms with Crippen molar-refractivity contribution in [3.05, 3.63) is 92.5 Å². The van der Waals surface area contributed by atoms with Crippen LogP contribution in [0.25, 0.3) is 5.76 Å². The molecule has 0 saturated carbocycles. The Balaban J connectivity index is 2.05. The zero-order chi connectivity index (χ0) is 24.7. The first-order chi connectivity index (χ1) is 16.1. The smallest absolute Gasteiger partial charge is 0.300 e. The summed E-state index contributed by atoms with van der Waals surface area (Å²) in [5.41, 5.74) is 2.30. The van der Waals surface area contributed by atoms with Crippen LogP contribution < -0.4 is 9.64 Å². The molecule has 4 rings (SSSR count). The van der Waals surface area contributed by atoms with Gasteiger partial charge in [0.05, 0.1) is 35.0 Å². The summed E-state index contributed by atoms with van der Waals surface area (Å²) in [4.78, 5) is 27.8. The number of ether oxygens (including phenoxy) is 1. The van der Waals surface area contributed by atoms with Crippen molar-refractivity contribution in [2.75, 3.05) is 12.0 Å². The first kappa shape index (κ1) is 23.7. The normalized spacial score (nSPS) is 17.3. The molecule has 2 N–H and O–H groups in total. The van der Waals surface area contributed by atoms with E-state index in [0.29, 0.717) is 5.56 Å². The Hall–Kier alpha value is -3.48. The number of Topliss-reactive ketones (excluding diaryl/α,β-unsaturated/α-hetero) is 1. The van der Waals surface area contributed by atoms with Gasteiger partial charge >= 0.3 is 0 Å². The fraction of sp³-hybridized carbons (Fsp3) is 0.154. The van der Waals surface area contributed by atoms with Crippen molar-refractivity contribution in [1.82, 2.24) is 0 Å². The van der Waals surface area contributed by atoms with Crippen LogP contribution in [0.2, 0.25) is 10.0 Å². The number of phenols is 1. The van der Waals surface area contributed by atoms with Crippen molar-refractivity contribution in [2.24, 2.45) is 0 Å². The number of anilines is 1. The highest BCUT2D eigenvalue weighted by atomic mass is 35.5. The standard InChI is InChI=1S/C26H21Cl2NO5/c1-13-5-4-6-15(9-13)22-21(23(31)17-11-16(27)12-18(28)25(17)34-3)24(32)26(33)29(22)19-10-14(2)7-8-20(19)30/h4-12,22,30-31H,1-3H3/b23-21+. The van der Waals surface area contributed by atoms with Crippen LogP contribution in [0.5, 0.6) is 11.5 Å². The van der Waals surface area contributed by atoms with Crippen LogP contribution in [-0.2, 0) is 9.59 Å². The Kier molecular flexibility index (Phi) is 6.30. The van der Waals surface area contributed by atoms with Crippen molar-refractivity contribution >= 4 is 46.3 Å². The molecule has 3 aromatic carbocycles. The highest BCUT2D eigenvalue weighted by Gasteiger charge is 2.48. The molecule has 1 heterocycles. The summed E-state index contributed by atoms with van der Waals surface area (Å²) < 4.78 is 5.35. The van der Waals surface area contributed by atoms with Crippen LogP contribution in [0.15, 0.2) is 60.2 Å². The largest absolute Gasteiger partial charge is 0.507 e. The van der Waals surface area contributed by atoms with Crippen LogP contribution in [0.3, 0.4) is 0 Å². The molecule has 1 saturated heterocycles. The van der Waals surface area contributed by atoms with Gasteiger partial charge in [0, 0.05) is 5.02 Å². The lowest BCUT2D eigenvalue weighted by Crippen LogP contribution is -2.29. The van der Waals surface area contributed by atoms with Crippen molar-refractivity contribution in [2.45, 2.75) is 19.9 Å². The maximum atomic E-state index is 13.3. The van der Waals surface area contributed by atoms with Crippen molar-refractivity contribution < 1.29 is 24.5 Å². The number of methoxy groups -OCH3 is 1. The summed E-state index contributed by atoms with van der Waals surface area (Å²) in [5.74, 6) is -2.35. The number of nitrogens with zero attached hydrogens (tertiary/aromatic N) is 1. The molecule has 1 atom stereocenters. The number of amides is 1. The summed E-state index contributed by atoms with van der Waals surface area (Å²) in [7, 11) is 1.37. The second kappa shape index (κ2) is 9.05. The molecular formula is C26H21Cl2NO5. The van der Waals surface area contributed by atoms with E-state index >= 15 is 0 Å². The molecule has 8 heteroatoms. The molecule has 0 bridgehead atoms. The molecule has 1 aliphatic rings. The summed E-state index contributed by atoms with van der Waals surface area (Å²) in [6, 6.07) is 13.8. The first-order valence-corrected chi connectivity index (χ1v) is 11.1. The van der Waals surface area contributed by atoms with Crippen molar-refractivity contribution in [3.8, 4) is 11.5 Å². The minimum atomic E-state index is -1.02. The fourth-order valence-electron chi connectivity index (χ4n) is 4.15. The highest BCUT2D eigenvalue weighted by molar-refractivity contribution is 6.52. The molecule has 0 spiro atoms. The van der Waals surface area contributed by atoms with Crippen LogP contribution >= 0.6 is 23.2 Å². The third-order valence-electron chi connectivity index (χ3n) is 5.66. The number of aliphatic hydroxyl groups excluding tert-OH is 1. The number of ketones is 1. The predicted octanol–water partition coefficient (Wildman–Crippen LogP) is 5.95. The Morgan fingerprint density at radius 1 is 1.00 bits per heavy atom. The number of carbonyl (C=O) groups excluding carboxylic acids is 2. The Bertz CT molecular complexity index is 1370. The average molecular weight is 498 g/mol. The van der Waals surface area contributed by atoms with Crippen LogP contribution in [0.4, 0.5) is 5.69 Å². The van der Waals surface area contributed by atoms with E-state index < -0.39 is 23.5 Å². The lowest BCUT2D eigenvalue weighted by molar-refractivity contribution is -0.132. The minimum absolute atomic E-state index is 0.0733.